The average molecular weight is 362 g/mol. The lowest BCUT2D eigenvalue weighted by Gasteiger charge is -2.20. The maximum absolute atomic E-state index is 12.6. The summed E-state index contributed by atoms with van der Waals surface area (Å²) in [6.07, 6.45) is 7.13. The molecule has 1 aromatic rings. The molecule has 0 aromatic heterocycles. The van der Waals surface area contributed by atoms with Crippen molar-refractivity contribution in [3.05, 3.63) is 29.8 Å². The zero-order valence-corrected chi connectivity index (χ0v) is 15.4. The van der Waals surface area contributed by atoms with E-state index < -0.39 is 0 Å². The highest BCUT2D eigenvalue weighted by Gasteiger charge is 2.17. The van der Waals surface area contributed by atoms with E-state index in [0.717, 1.165) is 63.2 Å². The second-order valence-electron chi connectivity index (χ2n) is 6.75. The first-order chi connectivity index (χ1) is 12.2. The lowest BCUT2D eigenvalue weighted by atomic mass is 10.1. The van der Waals surface area contributed by atoms with Gasteiger partial charge in [-0.3, -0.25) is 4.79 Å². The fourth-order valence-electron chi connectivity index (χ4n) is 3.34. The van der Waals surface area contributed by atoms with Gasteiger partial charge in [0, 0.05) is 37.5 Å². The van der Waals surface area contributed by atoms with Crippen molar-refractivity contribution >= 4 is 28.9 Å². The minimum absolute atomic E-state index is 0.132. The molecule has 6 heteroatoms. The largest absolute Gasteiger partial charge is 0.376 e. The van der Waals surface area contributed by atoms with E-state index in [1.54, 1.807) is 0 Å². The molecule has 5 nitrogen and oxygen atoms in total. The standard InChI is InChI=1S/C19H27N3O2S/c23-18(22-11-3-1-2-4-12-22)15-7-9-16(10-8-15)21-19(25)20-14-17-6-5-13-24-17/h7-10,17H,1-6,11-14H2,(H2,20,21,25)/t17-/m0/s1. The number of hydrogen-bond donors (Lipinski definition) is 2. The van der Waals surface area contributed by atoms with Gasteiger partial charge in [-0.25, -0.2) is 0 Å². The number of carbonyl (C=O) groups is 1. The van der Waals surface area contributed by atoms with Crippen molar-refractivity contribution in [3.63, 3.8) is 0 Å². The van der Waals surface area contributed by atoms with Crippen molar-refractivity contribution < 1.29 is 9.53 Å². The summed E-state index contributed by atoms with van der Waals surface area (Å²) in [5.41, 5.74) is 1.63. The number of amides is 1. The van der Waals surface area contributed by atoms with Gasteiger partial charge in [-0.1, -0.05) is 12.8 Å². The Kier molecular flexibility index (Phi) is 6.64. The van der Waals surface area contributed by atoms with E-state index in [0.29, 0.717) is 5.11 Å². The number of thiocarbonyl (C=S) groups is 1. The van der Waals surface area contributed by atoms with Crippen LogP contribution in [0.2, 0.25) is 0 Å². The van der Waals surface area contributed by atoms with Crippen LogP contribution in [-0.4, -0.2) is 48.3 Å². The monoisotopic (exact) mass is 361 g/mol. The van der Waals surface area contributed by atoms with Crippen LogP contribution in [0.15, 0.2) is 24.3 Å². The topological polar surface area (TPSA) is 53.6 Å². The highest BCUT2D eigenvalue weighted by molar-refractivity contribution is 7.80. The van der Waals surface area contributed by atoms with Gasteiger partial charge in [-0.2, -0.15) is 0 Å². The Labute approximate surface area is 155 Å². The minimum Gasteiger partial charge on any atom is -0.376 e. The maximum Gasteiger partial charge on any atom is 0.253 e. The molecule has 1 atom stereocenters. The number of hydrogen-bond acceptors (Lipinski definition) is 3. The Morgan fingerprint density at radius 2 is 1.84 bits per heavy atom. The average Bonchev–Trinajstić information content (AvgIpc) is 3.00. The Morgan fingerprint density at radius 3 is 2.48 bits per heavy atom. The van der Waals surface area contributed by atoms with Gasteiger partial charge in [0.2, 0.25) is 0 Å². The fraction of sp³-hybridized carbons (Fsp3) is 0.579. The SMILES string of the molecule is O=C(c1ccc(NC(=S)NC[C@@H]2CCCO2)cc1)N1CCCCCC1. The van der Waals surface area contributed by atoms with Gasteiger partial charge in [0.15, 0.2) is 5.11 Å². The number of likely N-dealkylation sites (tertiary alicyclic amines) is 1. The molecule has 2 heterocycles. The van der Waals surface area contributed by atoms with E-state index in [1.807, 2.05) is 29.2 Å². The fourth-order valence-corrected chi connectivity index (χ4v) is 3.54. The third-order valence-corrected chi connectivity index (χ3v) is 5.04. The van der Waals surface area contributed by atoms with Crippen molar-refractivity contribution in [2.45, 2.75) is 44.6 Å². The second kappa shape index (κ2) is 9.15. The molecule has 3 rings (SSSR count). The lowest BCUT2D eigenvalue weighted by Crippen LogP contribution is -2.34. The molecule has 0 aliphatic carbocycles. The van der Waals surface area contributed by atoms with Gasteiger partial charge in [0.1, 0.15) is 0 Å². The number of nitrogens with one attached hydrogen (secondary N) is 2. The van der Waals surface area contributed by atoms with Crippen LogP contribution in [0.4, 0.5) is 5.69 Å². The molecule has 136 valence electrons. The molecule has 0 bridgehead atoms. The van der Waals surface area contributed by atoms with E-state index in [-0.39, 0.29) is 12.0 Å². The summed E-state index contributed by atoms with van der Waals surface area (Å²) >= 11 is 5.32. The van der Waals surface area contributed by atoms with Gasteiger partial charge < -0.3 is 20.3 Å². The molecule has 0 radical (unpaired) electrons. The van der Waals surface area contributed by atoms with E-state index >= 15 is 0 Å². The van der Waals surface area contributed by atoms with Crippen LogP contribution in [0.5, 0.6) is 0 Å². The first-order valence-electron chi connectivity index (χ1n) is 9.28. The summed E-state index contributed by atoms with van der Waals surface area (Å²) in [7, 11) is 0. The third kappa shape index (κ3) is 5.41. The highest BCUT2D eigenvalue weighted by atomic mass is 32.1. The molecular weight excluding hydrogens is 334 g/mol. The van der Waals surface area contributed by atoms with Crippen LogP contribution >= 0.6 is 12.2 Å². The van der Waals surface area contributed by atoms with E-state index in [9.17, 15) is 4.79 Å². The Hall–Kier alpha value is -1.66. The first kappa shape index (κ1) is 18.1. The number of rotatable bonds is 4. The van der Waals surface area contributed by atoms with Crippen LogP contribution < -0.4 is 10.6 Å². The Morgan fingerprint density at radius 1 is 1.12 bits per heavy atom. The molecule has 0 saturated carbocycles. The van der Waals surface area contributed by atoms with E-state index in [1.165, 1.54) is 12.8 Å². The second-order valence-corrected chi connectivity index (χ2v) is 7.16. The summed E-state index contributed by atoms with van der Waals surface area (Å²) in [6.45, 7) is 3.32. The number of anilines is 1. The predicted molar refractivity (Wildman–Crippen MR) is 104 cm³/mol. The van der Waals surface area contributed by atoms with Gasteiger partial charge in [-0.05, 0) is 62.2 Å². The van der Waals surface area contributed by atoms with Gasteiger partial charge in [0.05, 0.1) is 6.10 Å². The van der Waals surface area contributed by atoms with Crippen LogP contribution in [0.25, 0.3) is 0 Å². The van der Waals surface area contributed by atoms with Crippen LogP contribution in [0.1, 0.15) is 48.9 Å². The summed E-state index contributed by atoms with van der Waals surface area (Å²) < 4.78 is 5.57. The number of benzene rings is 1. The van der Waals surface area contributed by atoms with E-state index in [4.69, 9.17) is 17.0 Å². The molecule has 0 unspecified atom stereocenters. The molecule has 2 aliphatic rings. The summed E-state index contributed by atoms with van der Waals surface area (Å²) in [5.74, 6) is 0.132. The first-order valence-corrected chi connectivity index (χ1v) is 9.69. The molecule has 2 saturated heterocycles. The third-order valence-electron chi connectivity index (χ3n) is 4.80. The smallest absolute Gasteiger partial charge is 0.253 e. The van der Waals surface area contributed by atoms with Gasteiger partial charge in [0.25, 0.3) is 5.91 Å². The van der Waals surface area contributed by atoms with Crippen molar-refractivity contribution in [2.24, 2.45) is 0 Å². The quantitative estimate of drug-likeness (QED) is 0.807. The van der Waals surface area contributed by atoms with Crippen molar-refractivity contribution in [2.75, 3.05) is 31.6 Å². The normalized spacial score (nSPS) is 20.8. The number of carbonyl (C=O) groups excluding carboxylic acids is 1. The molecule has 25 heavy (non-hydrogen) atoms. The zero-order valence-electron chi connectivity index (χ0n) is 14.6. The summed E-state index contributed by atoms with van der Waals surface area (Å²) in [4.78, 5) is 14.6. The Balaban J connectivity index is 1.49. The molecule has 2 fully saturated rings. The van der Waals surface area contributed by atoms with Gasteiger partial charge >= 0.3 is 0 Å². The highest BCUT2D eigenvalue weighted by Crippen LogP contribution is 2.16. The summed E-state index contributed by atoms with van der Waals surface area (Å²) in [5, 5.41) is 6.94. The van der Waals surface area contributed by atoms with Crippen LogP contribution in [-0.2, 0) is 4.74 Å². The molecular formula is C19H27N3O2S. The van der Waals surface area contributed by atoms with Gasteiger partial charge in [-0.15, -0.1) is 0 Å². The van der Waals surface area contributed by atoms with Crippen molar-refractivity contribution in [1.82, 2.24) is 10.2 Å². The van der Waals surface area contributed by atoms with Crippen LogP contribution in [0.3, 0.4) is 0 Å². The Bertz CT molecular complexity index is 577. The number of nitrogens with zero attached hydrogens (tertiary/aromatic N) is 1. The van der Waals surface area contributed by atoms with Crippen LogP contribution in [0, 0.1) is 0 Å². The minimum atomic E-state index is 0.132. The maximum atomic E-state index is 12.6. The molecule has 0 spiro atoms. The molecule has 2 aliphatic heterocycles. The molecule has 1 amide bonds. The molecule has 1 aromatic carbocycles. The van der Waals surface area contributed by atoms with Crippen molar-refractivity contribution in [3.8, 4) is 0 Å². The molecule has 2 N–H and O–H groups in total. The summed E-state index contributed by atoms with van der Waals surface area (Å²) in [6, 6.07) is 7.56. The predicted octanol–water partition coefficient (Wildman–Crippen LogP) is 3.17. The zero-order chi connectivity index (χ0) is 17.5. The van der Waals surface area contributed by atoms with Crippen molar-refractivity contribution in [1.29, 1.82) is 0 Å². The lowest BCUT2D eigenvalue weighted by molar-refractivity contribution is 0.0761. The number of ether oxygens (including phenoxy) is 1. The van der Waals surface area contributed by atoms with E-state index in [2.05, 4.69) is 10.6 Å².